The van der Waals surface area contributed by atoms with Crippen molar-refractivity contribution in [3.63, 3.8) is 0 Å². The van der Waals surface area contributed by atoms with Crippen LogP contribution in [-0.4, -0.2) is 22.7 Å². The second-order valence-electron chi connectivity index (χ2n) is 4.52. The van der Waals surface area contributed by atoms with E-state index in [1.54, 1.807) is 6.92 Å². The zero-order chi connectivity index (χ0) is 12.2. The van der Waals surface area contributed by atoms with Crippen LogP contribution < -0.4 is 5.32 Å². The van der Waals surface area contributed by atoms with E-state index in [0.29, 0.717) is 24.6 Å². The standard InChI is InChI=1S/C12H19FN2O/c1-9(2)15-5-4-12(3,16)10-6-11(13)8-14-7-10/h6-9,15-16H,4-5H2,1-3H3. The average Bonchev–Trinajstić information content (AvgIpc) is 2.16. The molecule has 1 rings (SSSR count). The molecule has 1 aromatic heterocycles. The summed E-state index contributed by atoms with van der Waals surface area (Å²) in [5, 5.41) is 13.4. The Balaban J connectivity index is 2.62. The summed E-state index contributed by atoms with van der Waals surface area (Å²) in [6.45, 7) is 6.43. The van der Waals surface area contributed by atoms with Gasteiger partial charge in [0, 0.05) is 17.8 Å². The van der Waals surface area contributed by atoms with Gasteiger partial charge >= 0.3 is 0 Å². The van der Waals surface area contributed by atoms with Gasteiger partial charge in [-0.1, -0.05) is 13.8 Å². The summed E-state index contributed by atoms with van der Waals surface area (Å²) in [5.74, 6) is -0.422. The molecule has 0 aliphatic heterocycles. The van der Waals surface area contributed by atoms with Gasteiger partial charge in [-0.15, -0.1) is 0 Å². The fraction of sp³-hybridized carbons (Fsp3) is 0.583. The molecule has 1 aromatic rings. The Morgan fingerprint density at radius 1 is 1.50 bits per heavy atom. The van der Waals surface area contributed by atoms with Crippen LogP contribution in [-0.2, 0) is 5.60 Å². The number of rotatable bonds is 5. The third-order valence-corrected chi connectivity index (χ3v) is 2.49. The van der Waals surface area contributed by atoms with Gasteiger partial charge in [0.25, 0.3) is 0 Å². The third kappa shape index (κ3) is 3.87. The number of hydrogen-bond acceptors (Lipinski definition) is 3. The lowest BCUT2D eigenvalue weighted by Crippen LogP contribution is -2.31. The molecular formula is C12H19FN2O. The molecule has 0 aliphatic carbocycles. The van der Waals surface area contributed by atoms with Crippen molar-refractivity contribution in [2.45, 2.75) is 38.8 Å². The summed E-state index contributed by atoms with van der Waals surface area (Å²) in [5.41, 5.74) is -0.533. The number of halogens is 1. The van der Waals surface area contributed by atoms with Crippen LogP contribution in [0, 0.1) is 5.82 Å². The van der Waals surface area contributed by atoms with Crippen molar-refractivity contribution < 1.29 is 9.50 Å². The van der Waals surface area contributed by atoms with E-state index >= 15 is 0 Å². The molecule has 4 heteroatoms. The van der Waals surface area contributed by atoms with Crippen LogP contribution in [0.5, 0.6) is 0 Å². The van der Waals surface area contributed by atoms with E-state index in [-0.39, 0.29) is 0 Å². The minimum absolute atomic E-state index is 0.376. The lowest BCUT2D eigenvalue weighted by Gasteiger charge is -2.24. The van der Waals surface area contributed by atoms with Crippen LogP contribution in [0.2, 0.25) is 0 Å². The minimum atomic E-state index is -1.04. The SMILES string of the molecule is CC(C)NCCC(C)(O)c1cncc(F)c1. The number of aliphatic hydroxyl groups is 1. The van der Waals surface area contributed by atoms with Crippen LogP contribution in [0.4, 0.5) is 4.39 Å². The normalized spacial score (nSPS) is 15.1. The molecule has 16 heavy (non-hydrogen) atoms. The molecule has 0 saturated carbocycles. The van der Waals surface area contributed by atoms with Crippen LogP contribution in [0.25, 0.3) is 0 Å². The molecule has 0 aromatic carbocycles. The molecule has 0 fully saturated rings. The van der Waals surface area contributed by atoms with E-state index in [9.17, 15) is 9.50 Å². The minimum Gasteiger partial charge on any atom is -0.385 e. The Morgan fingerprint density at radius 2 is 2.19 bits per heavy atom. The largest absolute Gasteiger partial charge is 0.385 e. The topological polar surface area (TPSA) is 45.1 Å². The number of nitrogens with zero attached hydrogens (tertiary/aromatic N) is 1. The molecule has 0 saturated heterocycles. The van der Waals surface area contributed by atoms with E-state index in [0.717, 1.165) is 6.20 Å². The molecule has 1 heterocycles. The summed E-state index contributed by atoms with van der Waals surface area (Å²) in [4.78, 5) is 3.74. The van der Waals surface area contributed by atoms with Crippen molar-refractivity contribution >= 4 is 0 Å². The summed E-state index contributed by atoms with van der Waals surface area (Å²) in [6, 6.07) is 1.70. The van der Waals surface area contributed by atoms with E-state index in [2.05, 4.69) is 10.3 Å². The van der Waals surface area contributed by atoms with Gasteiger partial charge in [-0.3, -0.25) is 4.98 Å². The van der Waals surface area contributed by atoms with E-state index < -0.39 is 11.4 Å². The molecular weight excluding hydrogens is 207 g/mol. The van der Waals surface area contributed by atoms with E-state index in [4.69, 9.17) is 0 Å². The molecule has 0 aliphatic rings. The highest BCUT2D eigenvalue weighted by atomic mass is 19.1. The molecule has 90 valence electrons. The zero-order valence-electron chi connectivity index (χ0n) is 10.00. The van der Waals surface area contributed by atoms with Gasteiger partial charge in [0.2, 0.25) is 0 Å². The van der Waals surface area contributed by atoms with Crippen molar-refractivity contribution in [3.8, 4) is 0 Å². The van der Waals surface area contributed by atoms with Gasteiger partial charge in [-0.05, 0) is 26.0 Å². The van der Waals surface area contributed by atoms with Gasteiger partial charge in [-0.25, -0.2) is 4.39 Å². The van der Waals surface area contributed by atoms with Gasteiger partial charge in [-0.2, -0.15) is 0 Å². The summed E-state index contributed by atoms with van der Waals surface area (Å²) in [7, 11) is 0. The first-order chi connectivity index (χ1) is 7.42. The quantitative estimate of drug-likeness (QED) is 0.805. The highest BCUT2D eigenvalue weighted by molar-refractivity contribution is 5.17. The first-order valence-electron chi connectivity index (χ1n) is 5.48. The Hall–Kier alpha value is -1.00. The third-order valence-electron chi connectivity index (χ3n) is 2.49. The van der Waals surface area contributed by atoms with Crippen molar-refractivity contribution in [3.05, 3.63) is 29.8 Å². The van der Waals surface area contributed by atoms with Gasteiger partial charge in [0.15, 0.2) is 0 Å². The zero-order valence-corrected chi connectivity index (χ0v) is 10.00. The Bertz CT molecular complexity index is 340. The van der Waals surface area contributed by atoms with Crippen LogP contribution in [0.3, 0.4) is 0 Å². The lowest BCUT2D eigenvalue weighted by molar-refractivity contribution is 0.0468. The fourth-order valence-corrected chi connectivity index (χ4v) is 1.45. The summed E-state index contributed by atoms with van der Waals surface area (Å²) < 4.78 is 13.0. The molecule has 0 spiro atoms. The van der Waals surface area contributed by atoms with E-state index in [1.807, 2.05) is 13.8 Å². The monoisotopic (exact) mass is 226 g/mol. The molecule has 0 bridgehead atoms. The fourth-order valence-electron chi connectivity index (χ4n) is 1.45. The van der Waals surface area contributed by atoms with Crippen molar-refractivity contribution in [1.82, 2.24) is 10.3 Å². The van der Waals surface area contributed by atoms with Crippen molar-refractivity contribution in [2.24, 2.45) is 0 Å². The second-order valence-corrected chi connectivity index (χ2v) is 4.52. The summed E-state index contributed by atoms with van der Waals surface area (Å²) in [6.07, 6.45) is 3.15. The van der Waals surface area contributed by atoms with Crippen molar-refractivity contribution in [1.29, 1.82) is 0 Å². The molecule has 0 amide bonds. The molecule has 0 radical (unpaired) electrons. The van der Waals surface area contributed by atoms with Crippen LogP contribution in [0.1, 0.15) is 32.8 Å². The Kier molecular flexibility index (Phi) is 4.38. The predicted molar refractivity (Wildman–Crippen MR) is 61.5 cm³/mol. The maximum absolute atomic E-state index is 13.0. The average molecular weight is 226 g/mol. The smallest absolute Gasteiger partial charge is 0.141 e. The van der Waals surface area contributed by atoms with Crippen LogP contribution in [0.15, 0.2) is 18.5 Å². The van der Waals surface area contributed by atoms with Gasteiger partial charge in [0.1, 0.15) is 5.82 Å². The predicted octanol–water partition coefficient (Wildman–Crippen LogP) is 1.82. The van der Waals surface area contributed by atoms with Crippen LogP contribution >= 0.6 is 0 Å². The molecule has 3 nitrogen and oxygen atoms in total. The first kappa shape index (κ1) is 13.1. The van der Waals surface area contributed by atoms with Gasteiger partial charge in [0.05, 0.1) is 11.8 Å². The second kappa shape index (κ2) is 5.37. The van der Waals surface area contributed by atoms with Gasteiger partial charge < -0.3 is 10.4 Å². The molecule has 2 N–H and O–H groups in total. The first-order valence-corrected chi connectivity index (χ1v) is 5.48. The van der Waals surface area contributed by atoms with E-state index in [1.165, 1.54) is 12.3 Å². The Morgan fingerprint density at radius 3 is 2.75 bits per heavy atom. The highest BCUT2D eigenvalue weighted by Crippen LogP contribution is 2.23. The lowest BCUT2D eigenvalue weighted by atomic mass is 9.94. The number of hydrogen-bond donors (Lipinski definition) is 2. The Labute approximate surface area is 95.7 Å². The maximum Gasteiger partial charge on any atom is 0.141 e. The molecule has 1 unspecified atom stereocenters. The summed E-state index contributed by atoms with van der Waals surface area (Å²) >= 11 is 0. The van der Waals surface area contributed by atoms with Crippen molar-refractivity contribution in [2.75, 3.05) is 6.54 Å². The number of aromatic nitrogens is 1. The molecule has 1 atom stereocenters. The number of pyridine rings is 1. The highest BCUT2D eigenvalue weighted by Gasteiger charge is 2.23. The maximum atomic E-state index is 13.0. The number of nitrogens with one attached hydrogen (secondary N) is 1.